The predicted octanol–water partition coefficient (Wildman–Crippen LogP) is 3.96. The van der Waals surface area contributed by atoms with Crippen molar-refractivity contribution in [3.63, 3.8) is 0 Å². The van der Waals surface area contributed by atoms with E-state index in [1.54, 1.807) is 6.07 Å². The first kappa shape index (κ1) is 24.2. The molecule has 1 saturated heterocycles. The number of alkyl halides is 2. The van der Waals surface area contributed by atoms with Crippen LogP contribution in [0.4, 0.5) is 8.78 Å². The normalized spacial score (nSPS) is 18.1. The summed E-state index contributed by atoms with van der Waals surface area (Å²) >= 11 is 5.98. The van der Waals surface area contributed by atoms with Crippen molar-refractivity contribution < 1.29 is 13.5 Å². The van der Waals surface area contributed by atoms with Gasteiger partial charge in [-0.25, -0.2) is 4.99 Å². The molecule has 1 atom stereocenters. The van der Waals surface area contributed by atoms with E-state index >= 15 is 0 Å². The van der Waals surface area contributed by atoms with Crippen LogP contribution in [-0.4, -0.2) is 50.7 Å². The van der Waals surface area contributed by atoms with E-state index in [0.717, 1.165) is 19.6 Å². The van der Waals surface area contributed by atoms with Gasteiger partial charge in [0.05, 0.1) is 6.54 Å². The number of aliphatic imine (C=N–C) groups is 1. The van der Waals surface area contributed by atoms with Gasteiger partial charge in [-0.15, -0.1) is 24.0 Å². The molecular weight excluding hydrogens is 489 g/mol. The van der Waals surface area contributed by atoms with Gasteiger partial charge in [-0.2, -0.15) is 8.78 Å². The summed E-state index contributed by atoms with van der Waals surface area (Å²) in [6.45, 7) is 3.05. The number of hydrogen-bond acceptors (Lipinski definition) is 3. The Bertz CT molecular complexity index is 607. The summed E-state index contributed by atoms with van der Waals surface area (Å²) < 4.78 is 29.7. The van der Waals surface area contributed by atoms with Gasteiger partial charge in [0, 0.05) is 30.2 Å². The van der Waals surface area contributed by atoms with Crippen molar-refractivity contribution in [2.75, 3.05) is 33.2 Å². The SMILES string of the molecule is CCNC(=NCc1cc(Cl)ccc1OC(F)F)NCC1CCCN(C)C1.I. The summed E-state index contributed by atoms with van der Waals surface area (Å²) in [7, 11) is 2.13. The molecule has 0 aromatic heterocycles. The monoisotopic (exact) mass is 516 g/mol. The van der Waals surface area contributed by atoms with E-state index in [2.05, 4.69) is 32.3 Å². The van der Waals surface area contributed by atoms with E-state index in [9.17, 15) is 8.78 Å². The molecule has 0 saturated carbocycles. The van der Waals surface area contributed by atoms with Crippen LogP contribution in [-0.2, 0) is 6.54 Å². The molecule has 0 bridgehead atoms. The minimum absolute atomic E-state index is 0. The van der Waals surface area contributed by atoms with Crippen LogP contribution >= 0.6 is 35.6 Å². The van der Waals surface area contributed by atoms with Crippen LogP contribution < -0.4 is 15.4 Å². The molecule has 2 N–H and O–H groups in total. The molecule has 1 aromatic rings. The average molecular weight is 517 g/mol. The van der Waals surface area contributed by atoms with Gasteiger partial charge in [-0.3, -0.25) is 0 Å². The van der Waals surface area contributed by atoms with Crippen LogP contribution in [0, 0.1) is 5.92 Å². The fourth-order valence-electron chi connectivity index (χ4n) is 3.07. The number of nitrogens with one attached hydrogen (secondary N) is 2. The zero-order chi connectivity index (χ0) is 18.9. The third-order valence-corrected chi connectivity index (χ3v) is 4.51. The van der Waals surface area contributed by atoms with Gasteiger partial charge in [0.15, 0.2) is 5.96 Å². The van der Waals surface area contributed by atoms with Crippen molar-refractivity contribution in [1.29, 1.82) is 0 Å². The summed E-state index contributed by atoms with van der Waals surface area (Å²) in [6.07, 6.45) is 2.39. The van der Waals surface area contributed by atoms with Gasteiger partial charge in [-0.1, -0.05) is 11.6 Å². The molecule has 1 aliphatic heterocycles. The minimum atomic E-state index is -2.88. The summed E-state index contributed by atoms with van der Waals surface area (Å²) in [5, 5.41) is 6.99. The van der Waals surface area contributed by atoms with Crippen LogP contribution in [0.3, 0.4) is 0 Å². The topological polar surface area (TPSA) is 48.9 Å². The molecule has 1 fully saturated rings. The van der Waals surface area contributed by atoms with Crippen molar-refractivity contribution >= 4 is 41.5 Å². The lowest BCUT2D eigenvalue weighted by molar-refractivity contribution is -0.0504. The molecule has 0 spiro atoms. The van der Waals surface area contributed by atoms with Gasteiger partial charge in [0.1, 0.15) is 5.75 Å². The third-order valence-electron chi connectivity index (χ3n) is 4.27. The molecular formula is C18H28ClF2IN4O. The van der Waals surface area contributed by atoms with Crippen molar-refractivity contribution in [1.82, 2.24) is 15.5 Å². The number of rotatable bonds is 7. The van der Waals surface area contributed by atoms with Gasteiger partial charge in [0.25, 0.3) is 0 Å². The van der Waals surface area contributed by atoms with Crippen molar-refractivity contribution in [2.24, 2.45) is 10.9 Å². The molecule has 1 aliphatic rings. The lowest BCUT2D eigenvalue weighted by Gasteiger charge is -2.30. The van der Waals surface area contributed by atoms with Gasteiger partial charge in [0.2, 0.25) is 0 Å². The van der Waals surface area contributed by atoms with E-state index < -0.39 is 6.61 Å². The number of ether oxygens (including phenoxy) is 1. The van der Waals surface area contributed by atoms with Crippen LogP contribution in [0.1, 0.15) is 25.3 Å². The van der Waals surface area contributed by atoms with Crippen molar-refractivity contribution in [3.8, 4) is 5.75 Å². The first-order chi connectivity index (χ1) is 12.5. The van der Waals surface area contributed by atoms with Gasteiger partial charge >= 0.3 is 6.61 Å². The van der Waals surface area contributed by atoms with E-state index in [1.807, 2.05) is 6.92 Å². The number of piperidine rings is 1. The number of hydrogen-bond donors (Lipinski definition) is 2. The average Bonchev–Trinajstić information content (AvgIpc) is 2.59. The Morgan fingerprint density at radius 2 is 2.19 bits per heavy atom. The maximum atomic E-state index is 12.6. The first-order valence-electron chi connectivity index (χ1n) is 8.92. The fraction of sp³-hybridized carbons (Fsp3) is 0.611. The molecule has 154 valence electrons. The van der Waals surface area contributed by atoms with Crippen LogP contribution in [0.5, 0.6) is 5.75 Å². The number of nitrogens with zero attached hydrogens (tertiary/aromatic N) is 2. The summed E-state index contributed by atoms with van der Waals surface area (Å²) in [5.41, 5.74) is 0.521. The highest BCUT2D eigenvalue weighted by Gasteiger charge is 2.17. The number of benzene rings is 1. The van der Waals surface area contributed by atoms with Crippen molar-refractivity contribution in [3.05, 3.63) is 28.8 Å². The second-order valence-electron chi connectivity index (χ2n) is 6.48. The third kappa shape index (κ3) is 8.78. The second kappa shape index (κ2) is 12.6. The zero-order valence-electron chi connectivity index (χ0n) is 15.7. The quantitative estimate of drug-likeness (QED) is 0.327. The molecule has 5 nitrogen and oxygen atoms in total. The highest BCUT2D eigenvalue weighted by Crippen LogP contribution is 2.25. The summed E-state index contributed by atoms with van der Waals surface area (Å²) in [6, 6.07) is 4.56. The Kier molecular flexibility index (Phi) is 11.2. The predicted molar refractivity (Wildman–Crippen MR) is 117 cm³/mol. The Labute approximate surface area is 181 Å². The largest absolute Gasteiger partial charge is 0.434 e. The zero-order valence-corrected chi connectivity index (χ0v) is 18.8. The molecule has 9 heteroatoms. The van der Waals surface area contributed by atoms with E-state index in [-0.39, 0.29) is 36.3 Å². The number of halogens is 4. The van der Waals surface area contributed by atoms with E-state index in [4.69, 9.17) is 11.6 Å². The molecule has 1 unspecified atom stereocenters. The molecule has 0 amide bonds. The lowest BCUT2D eigenvalue weighted by atomic mass is 9.99. The van der Waals surface area contributed by atoms with Crippen LogP contribution in [0.25, 0.3) is 0 Å². The Morgan fingerprint density at radius 3 is 2.85 bits per heavy atom. The fourth-order valence-corrected chi connectivity index (χ4v) is 3.26. The number of guanidine groups is 1. The van der Waals surface area contributed by atoms with E-state index in [1.165, 1.54) is 25.0 Å². The smallest absolute Gasteiger partial charge is 0.387 e. The molecule has 0 aliphatic carbocycles. The molecule has 2 rings (SSSR count). The lowest BCUT2D eigenvalue weighted by Crippen LogP contribution is -2.43. The molecule has 1 aromatic carbocycles. The Hall–Kier alpha value is -0.870. The van der Waals surface area contributed by atoms with Crippen molar-refractivity contribution in [2.45, 2.75) is 32.9 Å². The molecule has 27 heavy (non-hydrogen) atoms. The Balaban J connectivity index is 0.00000364. The maximum absolute atomic E-state index is 12.6. The summed E-state index contributed by atoms with van der Waals surface area (Å²) in [5.74, 6) is 1.32. The maximum Gasteiger partial charge on any atom is 0.387 e. The highest BCUT2D eigenvalue weighted by atomic mass is 127. The minimum Gasteiger partial charge on any atom is -0.434 e. The van der Waals surface area contributed by atoms with Crippen LogP contribution in [0.2, 0.25) is 5.02 Å². The van der Waals surface area contributed by atoms with Gasteiger partial charge < -0.3 is 20.3 Å². The molecule has 1 heterocycles. The first-order valence-corrected chi connectivity index (χ1v) is 9.29. The van der Waals surface area contributed by atoms with Gasteiger partial charge in [-0.05, 0) is 57.5 Å². The Morgan fingerprint density at radius 1 is 1.41 bits per heavy atom. The van der Waals surface area contributed by atoms with E-state index in [0.29, 0.717) is 29.0 Å². The standard InChI is InChI=1S/C18H27ClF2N4O.HI/c1-3-22-18(23-10-13-5-4-8-25(2)12-13)24-11-14-9-15(19)6-7-16(14)26-17(20)21;/h6-7,9,13,17H,3-5,8,10-12H2,1-2H3,(H2,22,23,24);1H. The molecule has 0 radical (unpaired) electrons. The van der Waals surface area contributed by atoms with Crippen LogP contribution in [0.15, 0.2) is 23.2 Å². The highest BCUT2D eigenvalue weighted by molar-refractivity contribution is 14.0. The second-order valence-corrected chi connectivity index (χ2v) is 6.91. The number of likely N-dealkylation sites (tertiary alicyclic amines) is 1. The summed E-state index contributed by atoms with van der Waals surface area (Å²) in [4.78, 5) is 6.83.